The maximum absolute atomic E-state index is 13.7. The third-order valence-electron chi connectivity index (χ3n) is 2.96. The van der Waals surface area contributed by atoms with Gasteiger partial charge in [0.25, 0.3) is 0 Å². The molecule has 0 atom stereocenters. The van der Waals surface area contributed by atoms with Gasteiger partial charge in [-0.15, -0.1) is 0 Å². The fraction of sp³-hybridized carbons (Fsp3) is 0.0769. The van der Waals surface area contributed by atoms with Gasteiger partial charge in [0.05, 0.1) is 0 Å². The summed E-state index contributed by atoms with van der Waals surface area (Å²) in [5.41, 5.74) is 6.38. The van der Waals surface area contributed by atoms with Crippen LogP contribution in [0.4, 0.5) is 46.5 Å². The van der Waals surface area contributed by atoms with Gasteiger partial charge in [-0.1, -0.05) is 0 Å². The van der Waals surface area contributed by atoms with Crippen molar-refractivity contribution in [1.82, 2.24) is 0 Å². The molecule has 0 saturated carbocycles. The fourth-order valence-corrected chi connectivity index (χ4v) is 2.00. The number of hydrogen-bond acceptors (Lipinski definition) is 4. The highest BCUT2D eigenvalue weighted by molar-refractivity contribution is 6.46. The molecule has 14 heteroatoms. The number of nitrogens with two attached hydrogens (primary N) is 2. The highest BCUT2D eigenvalue weighted by Gasteiger charge is 2.38. The Bertz CT molecular complexity index is 810. The molecule has 0 fully saturated rings. The molecule has 0 aliphatic carbocycles. The van der Waals surface area contributed by atoms with Crippen LogP contribution in [0, 0.1) is 46.5 Å². The van der Waals surface area contributed by atoms with E-state index in [1.54, 1.807) is 0 Å². The van der Waals surface area contributed by atoms with Crippen LogP contribution in [0.5, 0.6) is 11.5 Å². The van der Waals surface area contributed by atoms with Gasteiger partial charge >= 0.3 is 4.71 Å². The van der Waals surface area contributed by atoms with E-state index in [1.165, 1.54) is 0 Å². The maximum Gasteiger partial charge on any atom is 0.419 e. The number of nitrogen functional groups attached to an aromatic ring is 2. The van der Waals surface area contributed by atoms with Crippen LogP contribution >= 0.6 is 23.2 Å². The molecule has 0 bridgehead atoms. The minimum atomic E-state index is -3.53. The van der Waals surface area contributed by atoms with Crippen molar-refractivity contribution in [3.63, 3.8) is 0 Å². The molecule has 0 radical (unpaired) electrons. The normalized spacial score (nSPS) is 11.6. The van der Waals surface area contributed by atoms with Crippen molar-refractivity contribution in [1.29, 1.82) is 0 Å². The van der Waals surface area contributed by atoms with Crippen LogP contribution in [0.1, 0.15) is 0 Å². The van der Waals surface area contributed by atoms with E-state index in [0.29, 0.717) is 0 Å². The third kappa shape index (κ3) is 3.58. The summed E-state index contributed by atoms with van der Waals surface area (Å²) in [5.74, 6) is -21.3. The third-order valence-corrected chi connectivity index (χ3v) is 3.26. The van der Waals surface area contributed by atoms with Crippen LogP contribution in [0.3, 0.4) is 0 Å². The zero-order chi connectivity index (χ0) is 20.8. The lowest BCUT2D eigenvalue weighted by Crippen LogP contribution is -2.32. The topological polar surface area (TPSA) is 70.5 Å². The number of ether oxygens (including phenoxy) is 2. The smallest absolute Gasteiger partial charge is 0.419 e. The van der Waals surface area contributed by atoms with E-state index in [-0.39, 0.29) is 0 Å². The molecule has 27 heavy (non-hydrogen) atoms. The molecule has 4 nitrogen and oxygen atoms in total. The van der Waals surface area contributed by atoms with E-state index in [4.69, 9.17) is 34.7 Å². The second-order valence-corrected chi connectivity index (χ2v) is 5.85. The molecule has 0 unspecified atom stereocenters. The van der Waals surface area contributed by atoms with Crippen LogP contribution in [-0.4, -0.2) is 4.71 Å². The molecule has 0 aliphatic rings. The highest BCUT2D eigenvalue weighted by Crippen LogP contribution is 2.39. The van der Waals surface area contributed by atoms with Crippen molar-refractivity contribution in [2.24, 2.45) is 0 Å². The predicted molar refractivity (Wildman–Crippen MR) is 77.1 cm³/mol. The standard InChI is InChI=1S/C13H4Cl2F8N2O2/c14-13(15,26-11-5(20)1(16)9(24)2(17)6(11)21)27-12-7(22)3(18)10(25)4(19)8(12)23/h24-25H2. The van der Waals surface area contributed by atoms with E-state index < -0.39 is 74.1 Å². The van der Waals surface area contributed by atoms with Crippen molar-refractivity contribution < 1.29 is 44.6 Å². The molecule has 2 aromatic rings. The van der Waals surface area contributed by atoms with E-state index in [2.05, 4.69) is 9.47 Å². The van der Waals surface area contributed by atoms with Crippen molar-refractivity contribution in [3.05, 3.63) is 46.5 Å². The average Bonchev–Trinajstić information content (AvgIpc) is 2.62. The lowest BCUT2D eigenvalue weighted by Gasteiger charge is -2.23. The first kappa shape index (κ1) is 21.0. The van der Waals surface area contributed by atoms with Crippen LogP contribution in [0.15, 0.2) is 0 Å². The minimum absolute atomic E-state index is 1.56. The number of halogens is 10. The highest BCUT2D eigenvalue weighted by atomic mass is 35.5. The molecule has 4 N–H and O–H groups in total. The Hall–Kier alpha value is -2.34. The first-order valence-electron chi connectivity index (χ1n) is 6.28. The quantitative estimate of drug-likeness (QED) is 0.240. The zero-order valence-corrected chi connectivity index (χ0v) is 13.8. The van der Waals surface area contributed by atoms with Gasteiger partial charge in [0, 0.05) is 0 Å². The summed E-state index contributed by atoms with van der Waals surface area (Å²) in [6.07, 6.45) is 0. The summed E-state index contributed by atoms with van der Waals surface area (Å²) < 4.78 is 113. The van der Waals surface area contributed by atoms with E-state index >= 15 is 0 Å². The van der Waals surface area contributed by atoms with Crippen LogP contribution in [-0.2, 0) is 0 Å². The monoisotopic (exact) mass is 442 g/mol. The number of anilines is 2. The first-order chi connectivity index (χ1) is 12.3. The average molecular weight is 443 g/mol. The van der Waals surface area contributed by atoms with Gasteiger partial charge in [-0.05, 0) is 23.2 Å². The molecule has 0 amide bonds. The van der Waals surface area contributed by atoms with Gasteiger partial charge in [0.1, 0.15) is 11.4 Å². The number of alkyl halides is 2. The Balaban J connectivity index is 2.49. The molecule has 0 aliphatic heterocycles. The summed E-state index contributed by atoms with van der Waals surface area (Å²) in [4.78, 5) is 0. The summed E-state index contributed by atoms with van der Waals surface area (Å²) in [5, 5.41) is 0. The molecule has 2 rings (SSSR count). The van der Waals surface area contributed by atoms with Gasteiger partial charge < -0.3 is 20.9 Å². The van der Waals surface area contributed by atoms with Gasteiger partial charge in [-0.3, -0.25) is 0 Å². The van der Waals surface area contributed by atoms with E-state index in [9.17, 15) is 35.1 Å². The number of rotatable bonds is 4. The van der Waals surface area contributed by atoms with Gasteiger partial charge in [-0.2, -0.15) is 17.6 Å². The summed E-state index contributed by atoms with van der Waals surface area (Å²) in [6, 6.07) is 0. The molecular weight excluding hydrogens is 439 g/mol. The lowest BCUT2D eigenvalue weighted by molar-refractivity contribution is 0.0216. The Morgan fingerprint density at radius 2 is 0.741 bits per heavy atom. The number of benzene rings is 2. The van der Waals surface area contributed by atoms with Crippen molar-refractivity contribution in [3.8, 4) is 11.5 Å². The van der Waals surface area contributed by atoms with Crippen LogP contribution in [0.2, 0.25) is 0 Å². The second kappa shape index (κ2) is 7.00. The molecule has 0 saturated heterocycles. The second-order valence-electron chi connectivity index (χ2n) is 4.66. The molecular formula is C13H4Cl2F8N2O2. The minimum Gasteiger partial charge on any atom is -0.421 e. The Morgan fingerprint density at radius 1 is 0.519 bits per heavy atom. The zero-order valence-electron chi connectivity index (χ0n) is 12.3. The van der Waals surface area contributed by atoms with Crippen molar-refractivity contribution in [2.45, 2.75) is 4.71 Å². The SMILES string of the molecule is Nc1c(F)c(F)c(OC(Cl)(Cl)Oc2c(F)c(F)c(N)c(F)c2F)c(F)c1F. The van der Waals surface area contributed by atoms with Gasteiger partial charge in [-0.25, -0.2) is 17.6 Å². The van der Waals surface area contributed by atoms with Crippen molar-refractivity contribution >= 4 is 34.6 Å². The Morgan fingerprint density at radius 3 is 0.963 bits per heavy atom. The Kier molecular flexibility index (Phi) is 5.44. The van der Waals surface area contributed by atoms with Crippen LogP contribution < -0.4 is 20.9 Å². The molecule has 2 aromatic carbocycles. The summed E-state index contributed by atoms with van der Waals surface area (Å²) in [7, 11) is 0. The molecule has 148 valence electrons. The largest absolute Gasteiger partial charge is 0.421 e. The van der Waals surface area contributed by atoms with Crippen molar-refractivity contribution in [2.75, 3.05) is 11.5 Å². The molecule has 0 heterocycles. The fourth-order valence-electron chi connectivity index (χ4n) is 1.69. The van der Waals surface area contributed by atoms with E-state index in [1.807, 2.05) is 0 Å². The van der Waals surface area contributed by atoms with Crippen LogP contribution in [0.25, 0.3) is 0 Å². The maximum atomic E-state index is 13.7. The lowest BCUT2D eigenvalue weighted by atomic mass is 10.2. The van der Waals surface area contributed by atoms with Gasteiger partial charge in [0.2, 0.25) is 34.8 Å². The number of hydrogen-bond donors (Lipinski definition) is 2. The van der Waals surface area contributed by atoms with E-state index in [0.717, 1.165) is 0 Å². The summed E-state index contributed by atoms with van der Waals surface area (Å²) in [6.45, 7) is 0. The predicted octanol–water partition coefficient (Wildman–Crippen LogP) is 4.51. The molecule has 0 spiro atoms. The first-order valence-corrected chi connectivity index (χ1v) is 7.04. The molecule has 0 aromatic heterocycles. The van der Waals surface area contributed by atoms with Gasteiger partial charge in [0.15, 0.2) is 23.3 Å². The Labute approximate surface area is 154 Å². The summed E-state index contributed by atoms with van der Waals surface area (Å²) >= 11 is 10.6.